The zero-order chi connectivity index (χ0) is 15.6. The number of amides is 1. The number of alkyl halides is 3. The van der Waals surface area contributed by atoms with Gasteiger partial charge >= 0.3 is 6.18 Å². The largest absolute Gasteiger partial charge is 0.416 e. The van der Waals surface area contributed by atoms with E-state index in [0.29, 0.717) is 18.7 Å². The van der Waals surface area contributed by atoms with Gasteiger partial charge in [0.25, 0.3) is 0 Å². The van der Waals surface area contributed by atoms with Gasteiger partial charge in [-0.25, -0.2) is 0 Å². The Hall–Kier alpha value is -1.60. The van der Waals surface area contributed by atoms with Crippen LogP contribution in [0, 0.1) is 0 Å². The molecule has 0 bridgehead atoms. The molecule has 2 atom stereocenters. The van der Waals surface area contributed by atoms with Crippen molar-refractivity contribution in [2.24, 2.45) is 5.73 Å². The molecule has 1 heterocycles. The maximum Gasteiger partial charge on any atom is 0.416 e. The summed E-state index contributed by atoms with van der Waals surface area (Å²) in [5.41, 5.74) is 5.60. The van der Waals surface area contributed by atoms with Gasteiger partial charge in [-0.15, -0.1) is 0 Å². The van der Waals surface area contributed by atoms with Crippen LogP contribution in [0.25, 0.3) is 0 Å². The molecule has 1 amide bonds. The second kappa shape index (κ2) is 6.03. The predicted octanol–water partition coefficient (Wildman–Crippen LogP) is 1.95. The molecular weight excluding hydrogens is 285 g/mol. The Bertz CT molecular complexity index is 519. The summed E-state index contributed by atoms with van der Waals surface area (Å²) in [5.74, 6) is -0.165. The molecule has 0 aliphatic carbocycles. The van der Waals surface area contributed by atoms with Crippen molar-refractivity contribution in [3.63, 3.8) is 0 Å². The lowest BCUT2D eigenvalue weighted by Gasteiger charge is -2.27. The molecule has 2 unspecified atom stereocenters. The fourth-order valence-corrected chi connectivity index (χ4v) is 2.60. The summed E-state index contributed by atoms with van der Waals surface area (Å²) in [4.78, 5) is 13.4. The van der Waals surface area contributed by atoms with Crippen molar-refractivity contribution in [2.75, 3.05) is 20.3 Å². The molecule has 0 saturated carbocycles. The SMILES string of the molecule is COCCN1C(=O)CC(N)C1c1cccc(C(F)(F)F)c1. The van der Waals surface area contributed by atoms with Crippen molar-refractivity contribution in [1.29, 1.82) is 0 Å². The van der Waals surface area contributed by atoms with E-state index in [4.69, 9.17) is 10.5 Å². The predicted molar refractivity (Wildman–Crippen MR) is 70.4 cm³/mol. The van der Waals surface area contributed by atoms with Crippen molar-refractivity contribution < 1.29 is 22.7 Å². The average Bonchev–Trinajstić information content (AvgIpc) is 2.70. The fraction of sp³-hybridized carbons (Fsp3) is 0.500. The van der Waals surface area contributed by atoms with Crippen molar-refractivity contribution in [3.05, 3.63) is 35.4 Å². The molecule has 7 heteroatoms. The molecule has 1 aliphatic heterocycles. The minimum absolute atomic E-state index is 0.130. The Morgan fingerprint density at radius 3 is 2.76 bits per heavy atom. The fourth-order valence-electron chi connectivity index (χ4n) is 2.60. The van der Waals surface area contributed by atoms with Gasteiger partial charge in [0.15, 0.2) is 0 Å². The second-order valence-electron chi connectivity index (χ2n) is 5.02. The van der Waals surface area contributed by atoms with Crippen LogP contribution in [0.3, 0.4) is 0 Å². The van der Waals surface area contributed by atoms with Crippen LogP contribution in [0.15, 0.2) is 24.3 Å². The van der Waals surface area contributed by atoms with Gasteiger partial charge in [-0.1, -0.05) is 12.1 Å². The molecule has 1 saturated heterocycles. The zero-order valence-electron chi connectivity index (χ0n) is 11.6. The third-order valence-corrected chi connectivity index (χ3v) is 3.56. The van der Waals surface area contributed by atoms with E-state index in [9.17, 15) is 18.0 Å². The molecule has 21 heavy (non-hydrogen) atoms. The molecular formula is C14H17F3N2O2. The van der Waals surface area contributed by atoms with Crippen LogP contribution >= 0.6 is 0 Å². The van der Waals surface area contributed by atoms with Crippen molar-refractivity contribution in [2.45, 2.75) is 24.7 Å². The van der Waals surface area contributed by atoms with Gasteiger partial charge in [0.1, 0.15) is 0 Å². The number of hydrogen-bond donors (Lipinski definition) is 1. The smallest absolute Gasteiger partial charge is 0.383 e. The van der Waals surface area contributed by atoms with Gasteiger partial charge in [0.05, 0.1) is 18.2 Å². The molecule has 116 valence electrons. The van der Waals surface area contributed by atoms with E-state index < -0.39 is 23.8 Å². The monoisotopic (exact) mass is 302 g/mol. The number of benzene rings is 1. The van der Waals surface area contributed by atoms with E-state index in [0.717, 1.165) is 12.1 Å². The molecule has 0 aromatic heterocycles. The number of nitrogens with zero attached hydrogens (tertiary/aromatic N) is 1. The first-order chi connectivity index (χ1) is 9.84. The van der Waals surface area contributed by atoms with Crippen LogP contribution in [0.5, 0.6) is 0 Å². The van der Waals surface area contributed by atoms with Gasteiger partial charge in [0, 0.05) is 26.1 Å². The maximum atomic E-state index is 12.8. The number of carbonyl (C=O) groups is 1. The maximum absolute atomic E-state index is 12.8. The average molecular weight is 302 g/mol. The van der Waals surface area contributed by atoms with Crippen LogP contribution in [0.2, 0.25) is 0 Å². The third-order valence-electron chi connectivity index (χ3n) is 3.56. The Kier molecular flexibility index (Phi) is 4.53. The highest BCUT2D eigenvalue weighted by atomic mass is 19.4. The van der Waals surface area contributed by atoms with Gasteiger partial charge in [-0.2, -0.15) is 13.2 Å². The molecule has 2 N–H and O–H groups in total. The first kappa shape index (κ1) is 15.8. The quantitative estimate of drug-likeness (QED) is 0.925. The Morgan fingerprint density at radius 1 is 1.43 bits per heavy atom. The van der Waals surface area contributed by atoms with E-state index >= 15 is 0 Å². The highest BCUT2D eigenvalue weighted by Gasteiger charge is 2.39. The van der Waals surface area contributed by atoms with Gasteiger partial charge in [-0.3, -0.25) is 4.79 Å². The number of carbonyl (C=O) groups excluding carboxylic acids is 1. The van der Waals surface area contributed by atoms with E-state index in [1.807, 2.05) is 0 Å². The lowest BCUT2D eigenvalue weighted by Crippen LogP contribution is -2.35. The van der Waals surface area contributed by atoms with Crippen LogP contribution in [-0.2, 0) is 15.7 Å². The van der Waals surface area contributed by atoms with E-state index in [2.05, 4.69) is 0 Å². The van der Waals surface area contributed by atoms with Crippen LogP contribution in [0.4, 0.5) is 13.2 Å². The minimum Gasteiger partial charge on any atom is -0.383 e. The molecule has 1 aliphatic rings. The molecule has 1 fully saturated rings. The summed E-state index contributed by atoms with van der Waals surface area (Å²) < 4.78 is 43.3. The summed E-state index contributed by atoms with van der Waals surface area (Å²) in [6.45, 7) is 0.623. The first-order valence-corrected chi connectivity index (χ1v) is 6.55. The molecule has 1 aromatic carbocycles. The number of hydrogen-bond acceptors (Lipinski definition) is 3. The lowest BCUT2D eigenvalue weighted by molar-refractivity contribution is -0.137. The van der Waals surface area contributed by atoms with Crippen molar-refractivity contribution >= 4 is 5.91 Å². The Labute approximate surface area is 120 Å². The molecule has 2 rings (SSSR count). The van der Waals surface area contributed by atoms with Gasteiger partial charge < -0.3 is 15.4 Å². The number of likely N-dealkylation sites (tertiary alicyclic amines) is 1. The van der Waals surface area contributed by atoms with Crippen LogP contribution in [-0.4, -0.2) is 37.1 Å². The summed E-state index contributed by atoms with van der Waals surface area (Å²) in [5, 5.41) is 0. The number of methoxy groups -OCH3 is 1. The summed E-state index contributed by atoms with van der Waals surface area (Å²) in [6.07, 6.45) is -4.29. The first-order valence-electron chi connectivity index (χ1n) is 6.55. The van der Waals surface area contributed by atoms with E-state index in [1.54, 1.807) is 6.07 Å². The number of halogens is 3. The lowest BCUT2D eigenvalue weighted by atomic mass is 9.98. The summed E-state index contributed by atoms with van der Waals surface area (Å²) in [7, 11) is 1.50. The summed E-state index contributed by atoms with van der Waals surface area (Å²) >= 11 is 0. The normalized spacial score (nSPS) is 22.9. The Balaban J connectivity index is 2.31. The van der Waals surface area contributed by atoms with Crippen molar-refractivity contribution in [1.82, 2.24) is 4.90 Å². The number of nitrogens with two attached hydrogens (primary N) is 1. The van der Waals surface area contributed by atoms with Crippen LogP contribution in [0.1, 0.15) is 23.6 Å². The molecule has 0 radical (unpaired) electrons. The zero-order valence-corrected chi connectivity index (χ0v) is 11.6. The second-order valence-corrected chi connectivity index (χ2v) is 5.02. The number of rotatable bonds is 4. The molecule has 4 nitrogen and oxygen atoms in total. The summed E-state index contributed by atoms with van der Waals surface area (Å²) in [6, 6.07) is 3.90. The molecule has 1 aromatic rings. The number of ether oxygens (including phenoxy) is 1. The minimum atomic E-state index is -4.42. The van der Waals surface area contributed by atoms with E-state index in [1.165, 1.54) is 18.1 Å². The van der Waals surface area contributed by atoms with Crippen LogP contribution < -0.4 is 5.73 Å². The van der Waals surface area contributed by atoms with Gasteiger partial charge in [0.2, 0.25) is 5.91 Å². The topological polar surface area (TPSA) is 55.6 Å². The highest BCUT2D eigenvalue weighted by Crippen LogP contribution is 2.35. The van der Waals surface area contributed by atoms with Gasteiger partial charge in [-0.05, 0) is 17.7 Å². The standard InChI is InChI=1S/C14H17F3N2O2/c1-21-6-5-19-12(20)8-11(18)13(19)9-3-2-4-10(7-9)14(15,16)17/h2-4,7,11,13H,5-6,8,18H2,1H3. The van der Waals surface area contributed by atoms with Crippen molar-refractivity contribution in [3.8, 4) is 0 Å². The highest BCUT2D eigenvalue weighted by molar-refractivity contribution is 5.80. The molecule has 0 spiro atoms. The Morgan fingerprint density at radius 2 is 2.14 bits per heavy atom. The third kappa shape index (κ3) is 3.36. The van der Waals surface area contributed by atoms with E-state index in [-0.39, 0.29) is 12.3 Å².